The zero-order valence-corrected chi connectivity index (χ0v) is 21.8. The second kappa shape index (κ2) is 12.1. The minimum atomic E-state index is -4.76. The lowest BCUT2D eigenvalue weighted by atomic mass is 10.1. The molecule has 3 aromatic carbocycles. The van der Waals surface area contributed by atoms with Crippen LogP contribution in [0.25, 0.3) is 0 Å². The molecule has 0 aromatic heterocycles. The van der Waals surface area contributed by atoms with E-state index in [0.717, 1.165) is 5.56 Å². The monoisotopic (exact) mass is 572 g/mol. The number of nitrogens with one attached hydrogen (secondary N) is 2. The number of alkyl halides is 3. The van der Waals surface area contributed by atoms with Gasteiger partial charge in [0.15, 0.2) is 11.0 Å². The summed E-state index contributed by atoms with van der Waals surface area (Å²) in [5, 5.41) is 20.1. The summed E-state index contributed by atoms with van der Waals surface area (Å²) >= 11 is 7.61. The first-order valence-electron chi connectivity index (χ1n) is 11.3. The van der Waals surface area contributed by atoms with Crippen molar-refractivity contribution in [2.75, 3.05) is 16.0 Å². The number of amidine groups is 2. The molecule has 0 aliphatic carbocycles. The maximum absolute atomic E-state index is 12.5. The van der Waals surface area contributed by atoms with Crippen molar-refractivity contribution in [1.82, 2.24) is 0 Å². The first-order valence-corrected chi connectivity index (χ1v) is 12.6. The maximum Gasteiger partial charge on any atom is 0.573 e. The van der Waals surface area contributed by atoms with Crippen LogP contribution in [0, 0.1) is 12.3 Å². The largest absolute Gasteiger partial charge is 0.573 e. The molecule has 13 heteroatoms. The maximum atomic E-state index is 12.5. The van der Waals surface area contributed by atoms with Crippen molar-refractivity contribution in [1.29, 1.82) is 5.41 Å². The number of carbonyl (C=O) groups excluding carboxylic acids is 1. The Morgan fingerprint density at radius 2 is 1.85 bits per heavy atom. The van der Waals surface area contributed by atoms with E-state index in [9.17, 15) is 18.0 Å². The number of nitrogens with zero attached hydrogens (tertiary/aromatic N) is 4. The number of carbonyl (C=O) groups is 1. The van der Waals surface area contributed by atoms with Crippen molar-refractivity contribution >= 4 is 64.2 Å². The molecule has 0 atom stereocenters. The molecule has 3 aromatic rings. The van der Waals surface area contributed by atoms with Crippen LogP contribution in [-0.4, -0.2) is 41.6 Å². The van der Waals surface area contributed by atoms with Crippen LogP contribution in [0.2, 0.25) is 5.02 Å². The molecule has 1 fully saturated rings. The number of thioether (sulfide) groups is 1. The summed E-state index contributed by atoms with van der Waals surface area (Å²) in [6.45, 7) is 1.87. The van der Waals surface area contributed by atoms with E-state index >= 15 is 0 Å². The van der Waals surface area contributed by atoms with E-state index in [0.29, 0.717) is 32.7 Å². The number of halogens is 4. The first kappa shape index (κ1) is 27.9. The highest BCUT2D eigenvalue weighted by molar-refractivity contribution is 8.15. The Morgan fingerprint density at radius 1 is 1.13 bits per heavy atom. The molecule has 39 heavy (non-hydrogen) atoms. The highest BCUT2D eigenvalue weighted by Gasteiger charge is 2.32. The highest BCUT2D eigenvalue weighted by Crippen LogP contribution is 2.35. The fourth-order valence-corrected chi connectivity index (χ4v) is 4.55. The molecular formula is C26H20ClF3N6O2S. The van der Waals surface area contributed by atoms with Gasteiger partial charge >= 0.3 is 6.36 Å². The first-order chi connectivity index (χ1) is 18.6. The number of anilines is 2. The third-order valence-corrected chi connectivity index (χ3v) is 6.44. The molecule has 2 N–H and O–H groups in total. The minimum absolute atomic E-state index is 0.0325. The molecule has 0 saturated carbocycles. The van der Waals surface area contributed by atoms with Gasteiger partial charge in [0, 0.05) is 11.3 Å². The number of rotatable bonds is 7. The fraction of sp³-hybridized carbons (Fsp3) is 0.115. The number of benzene rings is 3. The Morgan fingerprint density at radius 3 is 2.51 bits per heavy atom. The minimum Gasteiger partial charge on any atom is -0.406 e. The Balaban J connectivity index is 1.35. The van der Waals surface area contributed by atoms with Gasteiger partial charge in [0.25, 0.3) is 0 Å². The van der Waals surface area contributed by atoms with Crippen LogP contribution in [0.1, 0.15) is 16.7 Å². The van der Waals surface area contributed by atoms with Gasteiger partial charge in [-0.3, -0.25) is 15.1 Å². The third kappa shape index (κ3) is 7.45. The molecule has 1 amide bonds. The molecule has 0 unspecified atom stereocenters. The molecule has 0 radical (unpaired) electrons. The van der Waals surface area contributed by atoms with Crippen LogP contribution in [0.3, 0.4) is 0 Å². The van der Waals surface area contributed by atoms with Gasteiger partial charge in [-0.05, 0) is 48.4 Å². The average molecular weight is 573 g/mol. The molecule has 8 nitrogen and oxygen atoms in total. The van der Waals surface area contributed by atoms with Crippen molar-refractivity contribution in [3.05, 3.63) is 88.4 Å². The second-order valence-corrected chi connectivity index (χ2v) is 9.35. The number of aryl methyl sites for hydroxylation is 1. The zero-order chi connectivity index (χ0) is 28.0. The van der Waals surface area contributed by atoms with Crippen molar-refractivity contribution < 1.29 is 22.7 Å². The molecule has 4 rings (SSSR count). The van der Waals surface area contributed by atoms with E-state index in [1.807, 2.05) is 19.1 Å². The van der Waals surface area contributed by atoms with Gasteiger partial charge < -0.3 is 10.1 Å². The van der Waals surface area contributed by atoms with E-state index in [2.05, 4.69) is 25.2 Å². The van der Waals surface area contributed by atoms with Crippen LogP contribution in [0.15, 0.2) is 81.9 Å². The number of hydrogen-bond donors (Lipinski definition) is 2. The van der Waals surface area contributed by atoms with Crippen molar-refractivity contribution in [3.8, 4) is 5.75 Å². The summed E-state index contributed by atoms with van der Waals surface area (Å²) in [5.74, 6) is -0.259. The van der Waals surface area contributed by atoms with E-state index in [1.54, 1.807) is 30.3 Å². The quantitative estimate of drug-likeness (QED) is 0.192. The van der Waals surface area contributed by atoms with Crippen molar-refractivity contribution in [3.63, 3.8) is 0 Å². The Kier molecular flexibility index (Phi) is 8.67. The van der Waals surface area contributed by atoms with Crippen molar-refractivity contribution in [2.24, 2.45) is 15.2 Å². The van der Waals surface area contributed by atoms with E-state index in [-0.39, 0.29) is 23.2 Å². The van der Waals surface area contributed by atoms with Gasteiger partial charge in [0.2, 0.25) is 5.91 Å². The molecule has 0 bridgehead atoms. The van der Waals surface area contributed by atoms with Crippen LogP contribution in [-0.2, 0) is 4.79 Å². The van der Waals surface area contributed by atoms with E-state index < -0.39 is 6.36 Å². The normalized spacial score (nSPS) is 15.1. The number of para-hydroxylation sites is 1. The number of hydrogen-bond acceptors (Lipinski definition) is 6. The topological polar surface area (TPSA) is 102 Å². The zero-order valence-electron chi connectivity index (χ0n) is 20.2. The highest BCUT2D eigenvalue weighted by atomic mass is 35.5. The van der Waals surface area contributed by atoms with Gasteiger partial charge in [-0.25, -0.2) is 4.99 Å². The average Bonchev–Trinajstić information content (AvgIpc) is 3.24. The lowest BCUT2D eigenvalue weighted by Crippen LogP contribution is -2.30. The summed E-state index contributed by atoms with van der Waals surface area (Å²) in [7, 11) is 0. The van der Waals surface area contributed by atoms with Gasteiger partial charge in [-0.2, -0.15) is 5.10 Å². The number of aliphatic imine (C=N–C) groups is 1. The second-order valence-electron chi connectivity index (χ2n) is 8.00. The van der Waals surface area contributed by atoms with Gasteiger partial charge in [-0.1, -0.05) is 59.8 Å². The van der Waals surface area contributed by atoms with Crippen LogP contribution in [0.5, 0.6) is 5.75 Å². The summed E-state index contributed by atoms with van der Waals surface area (Å²) in [6, 6.07) is 17.4. The predicted molar refractivity (Wildman–Crippen MR) is 150 cm³/mol. The SMILES string of the molecule is Cc1cccc(Cl)c1N1C(=O)CS/C1=N\N=C\c1ccc(C(=N)/N=C\Nc2ccc(OC(F)(F)F)cc2)cc1. The lowest BCUT2D eigenvalue weighted by Gasteiger charge is -2.19. The van der Waals surface area contributed by atoms with Gasteiger partial charge in [-0.15, -0.1) is 18.3 Å². The molecular weight excluding hydrogens is 553 g/mol. The molecule has 0 spiro atoms. The van der Waals surface area contributed by atoms with Crippen molar-refractivity contribution in [2.45, 2.75) is 13.3 Å². The van der Waals surface area contributed by atoms with Gasteiger partial charge in [0.1, 0.15) is 5.75 Å². The molecule has 200 valence electrons. The smallest absolute Gasteiger partial charge is 0.406 e. The Hall–Kier alpha value is -4.16. The fourth-order valence-electron chi connectivity index (χ4n) is 3.43. The van der Waals surface area contributed by atoms with Crippen LogP contribution in [0.4, 0.5) is 24.5 Å². The molecule has 1 saturated heterocycles. The van der Waals surface area contributed by atoms with Crippen LogP contribution >= 0.6 is 23.4 Å². The molecule has 1 aliphatic rings. The Labute approximate surface area is 230 Å². The van der Waals surface area contributed by atoms with Gasteiger partial charge in [0.05, 0.1) is 29.0 Å². The summed E-state index contributed by atoms with van der Waals surface area (Å²) < 4.78 is 40.5. The third-order valence-electron chi connectivity index (χ3n) is 5.22. The van der Waals surface area contributed by atoms with E-state index in [1.165, 1.54) is 53.5 Å². The van der Waals surface area contributed by atoms with E-state index in [4.69, 9.17) is 17.0 Å². The summed E-state index contributed by atoms with van der Waals surface area (Å²) in [5.41, 5.74) is 3.16. The molecule has 1 aliphatic heterocycles. The number of ether oxygens (including phenoxy) is 1. The number of amides is 1. The lowest BCUT2D eigenvalue weighted by molar-refractivity contribution is -0.274. The summed E-state index contributed by atoms with van der Waals surface area (Å²) in [6.07, 6.45) is -1.97. The van der Waals surface area contributed by atoms with Crippen LogP contribution < -0.4 is 15.0 Å². The predicted octanol–water partition coefficient (Wildman–Crippen LogP) is 6.48. The summed E-state index contributed by atoms with van der Waals surface area (Å²) in [4.78, 5) is 18.0. The molecule has 1 heterocycles. The standard InChI is InChI=1S/C26H20ClF3N6O2S/c1-16-3-2-4-21(27)23(16)36-22(37)14-39-25(36)35-34-13-17-5-7-18(8-6-17)24(31)33-15-32-19-9-11-20(12-10-19)38-26(28,29)30/h2-13,15H,14H2,1H3,(H2,31,32,33)/b34-13+,35-25-. The Bertz CT molecular complexity index is 1440.